The summed E-state index contributed by atoms with van der Waals surface area (Å²) in [6.45, 7) is -0.310. The Morgan fingerprint density at radius 3 is 2.44 bits per heavy atom. The van der Waals surface area contributed by atoms with Crippen molar-refractivity contribution in [2.45, 2.75) is 17.7 Å². The standard InChI is InChI=1S/C22H24N6O5S/c1-27(2)34(31,32)17-8-9-19-18(12-17)24-20(28(19)3)10-11-21(29)25-26-22(30)14-33-16-6-4-15(13-23)5-7-16/h4-9,12H,10-11,14H2,1-3H3,(H,25,29)(H,26,30). The minimum atomic E-state index is -3.58. The quantitative estimate of drug-likeness (QED) is 0.451. The van der Waals surface area contributed by atoms with Gasteiger partial charge in [-0.05, 0) is 42.5 Å². The highest BCUT2D eigenvalue weighted by Gasteiger charge is 2.19. The number of amides is 2. The monoisotopic (exact) mass is 484 g/mol. The van der Waals surface area contributed by atoms with E-state index in [0.29, 0.717) is 22.7 Å². The minimum Gasteiger partial charge on any atom is -0.484 e. The maximum absolute atomic E-state index is 12.3. The van der Waals surface area contributed by atoms with E-state index in [1.54, 1.807) is 41.9 Å². The number of ether oxygens (including phenoxy) is 1. The molecule has 0 radical (unpaired) electrons. The Kier molecular flexibility index (Phi) is 7.50. The number of nitrogens with zero attached hydrogens (tertiary/aromatic N) is 4. The third-order valence-corrected chi connectivity index (χ3v) is 6.80. The van der Waals surface area contributed by atoms with Crippen LogP contribution in [0, 0.1) is 11.3 Å². The van der Waals surface area contributed by atoms with Crippen molar-refractivity contribution in [3.8, 4) is 11.8 Å². The maximum atomic E-state index is 12.3. The van der Waals surface area contributed by atoms with Crippen LogP contribution in [0.15, 0.2) is 47.4 Å². The van der Waals surface area contributed by atoms with E-state index in [1.807, 2.05) is 6.07 Å². The molecule has 3 aromatic rings. The number of benzene rings is 2. The Bertz CT molecular complexity index is 1360. The van der Waals surface area contributed by atoms with E-state index in [0.717, 1.165) is 9.82 Å². The zero-order valence-electron chi connectivity index (χ0n) is 18.9. The van der Waals surface area contributed by atoms with E-state index in [1.165, 1.54) is 26.2 Å². The summed E-state index contributed by atoms with van der Waals surface area (Å²) in [5.74, 6) is 0.0496. The second-order valence-corrected chi connectivity index (χ2v) is 9.70. The largest absolute Gasteiger partial charge is 0.484 e. The summed E-state index contributed by atoms with van der Waals surface area (Å²) in [4.78, 5) is 28.6. The summed E-state index contributed by atoms with van der Waals surface area (Å²) in [5.41, 5.74) is 6.31. The molecule has 0 unspecified atom stereocenters. The summed E-state index contributed by atoms with van der Waals surface area (Å²) in [6.07, 6.45) is 0.334. The van der Waals surface area contributed by atoms with Crippen LogP contribution in [0.1, 0.15) is 17.8 Å². The van der Waals surface area contributed by atoms with Crippen LogP contribution in [0.4, 0.5) is 0 Å². The van der Waals surface area contributed by atoms with Crippen LogP contribution in [0.25, 0.3) is 11.0 Å². The molecule has 1 heterocycles. The van der Waals surface area contributed by atoms with E-state index in [2.05, 4.69) is 15.8 Å². The minimum absolute atomic E-state index is 0.0524. The van der Waals surface area contributed by atoms with Gasteiger partial charge in [0.15, 0.2) is 6.61 Å². The summed E-state index contributed by atoms with van der Waals surface area (Å²) in [7, 11) is 1.12. The molecule has 0 bridgehead atoms. The maximum Gasteiger partial charge on any atom is 0.276 e. The number of aromatic nitrogens is 2. The summed E-state index contributed by atoms with van der Waals surface area (Å²) in [5, 5.41) is 8.77. The summed E-state index contributed by atoms with van der Waals surface area (Å²) < 4.78 is 32.9. The third-order valence-electron chi connectivity index (χ3n) is 4.99. The van der Waals surface area contributed by atoms with Crippen LogP contribution in [0.2, 0.25) is 0 Å². The number of hydrogen-bond donors (Lipinski definition) is 2. The smallest absolute Gasteiger partial charge is 0.276 e. The molecule has 34 heavy (non-hydrogen) atoms. The van der Waals surface area contributed by atoms with Crippen LogP contribution >= 0.6 is 0 Å². The molecule has 2 N–H and O–H groups in total. The fraction of sp³-hybridized carbons (Fsp3) is 0.273. The van der Waals surface area contributed by atoms with Gasteiger partial charge in [-0.15, -0.1) is 0 Å². The molecule has 0 saturated carbocycles. The molecule has 2 aromatic carbocycles. The lowest BCUT2D eigenvalue weighted by atomic mass is 10.2. The topological polar surface area (TPSA) is 146 Å². The molecule has 0 aliphatic heterocycles. The lowest BCUT2D eigenvalue weighted by molar-refractivity contribution is -0.130. The lowest BCUT2D eigenvalue weighted by Crippen LogP contribution is -2.43. The van der Waals surface area contributed by atoms with E-state index in [4.69, 9.17) is 10.00 Å². The number of imidazole rings is 1. The second kappa shape index (κ2) is 10.3. The zero-order chi connectivity index (χ0) is 24.9. The zero-order valence-corrected chi connectivity index (χ0v) is 19.7. The predicted octanol–water partition coefficient (Wildman–Crippen LogP) is 0.854. The van der Waals surface area contributed by atoms with Crippen LogP contribution < -0.4 is 15.6 Å². The highest BCUT2D eigenvalue weighted by molar-refractivity contribution is 7.89. The van der Waals surface area contributed by atoms with E-state index in [-0.39, 0.29) is 24.3 Å². The number of nitrogens with one attached hydrogen (secondary N) is 2. The van der Waals surface area contributed by atoms with Gasteiger partial charge in [-0.2, -0.15) is 5.26 Å². The van der Waals surface area contributed by atoms with Gasteiger partial charge >= 0.3 is 0 Å². The third kappa shape index (κ3) is 5.69. The molecule has 0 spiro atoms. The van der Waals surface area contributed by atoms with Crippen LogP contribution in [-0.4, -0.2) is 54.8 Å². The average molecular weight is 485 g/mol. The molecule has 0 fully saturated rings. The fourth-order valence-electron chi connectivity index (χ4n) is 3.06. The molecule has 0 aliphatic rings. The van der Waals surface area contributed by atoms with Crippen LogP contribution in [-0.2, 0) is 33.1 Å². The first-order valence-electron chi connectivity index (χ1n) is 10.2. The molecular weight excluding hydrogens is 460 g/mol. The number of sulfonamides is 1. The molecule has 3 rings (SSSR count). The molecule has 0 atom stereocenters. The number of carbonyl (C=O) groups is 2. The van der Waals surface area contributed by atoms with Gasteiger partial charge in [0.1, 0.15) is 11.6 Å². The number of fused-ring (bicyclic) bond motifs is 1. The van der Waals surface area contributed by atoms with Gasteiger partial charge in [-0.25, -0.2) is 17.7 Å². The molecule has 12 heteroatoms. The van der Waals surface area contributed by atoms with Crippen LogP contribution in [0.3, 0.4) is 0 Å². The number of rotatable bonds is 8. The van der Waals surface area contributed by atoms with Gasteiger partial charge in [0.25, 0.3) is 5.91 Å². The Morgan fingerprint density at radius 1 is 1.12 bits per heavy atom. The first kappa shape index (κ1) is 24.7. The Balaban J connectivity index is 1.52. The highest BCUT2D eigenvalue weighted by atomic mass is 32.2. The number of carbonyl (C=O) groups excluding carboxylic acids is 2. The van der Waals surface area contributed by atoms with Gasteiger partial charge in [-0.1, -0.05) is 0 Å². The van der Waals surface area contributed by atoms with Crippen LogP contribution in [0.5, 0.6) is 5.75 Å². The number of hydrogen-bond acceptors (Lipinski definition) is 7. The normalized spacial score (nSPS) is 11.3. The second-order valence-electron chi connectivity index (χ2n) is 7.55. The first-order chi connectivity index (χ1) is 16.1. The van der Waals surface area contributed by atoms with Crippen molar-refractivity contribution in [1.29, 1.82) is 5.26 Å². The molecular formula is C22H24N6O5S. The number of nitriles is 1. The van der Waals surface area contributed by atoms with Crippen molar-refractivity contribution in [3.63, 3.8) is 0 Å². The van der Waals surface area contributed by atoms with E-state index >= 15 is 0 Å². The van der Waals surface area contributed by atoms with Crippen molar-refractivity contribution in [2.75, 3.05) is 20.7 Å². The molecule has 1 aromatic heterocycles. The fourth-order valence-corrected chi connectivity index (χ4v) is 3.98. The molecule has 2 amide bonds. The van der Waals surface area contributed by atoms with Crippen molar-refractivity contribution >= 4 is 32.9 Å². The van der Waals surface area contributed by atoms with Gasteiger partial charge in [0, 0.05) is 34.0 Å². The molecule has 11 nitrogen and oxygen atoms in total. The van der Waals surface area contributed by atoms with E-state index < -0.39 is 21.8 Å². The molecule has 0 aliphatic carbocycles. The van der Waals surface area contributed by atoms with Gasteiger partial charge in [0.05, 0.1) is 27.6 Å². The van der Waals surface area contributed by atoms with Gasteiger partial charge in [-0.3, -0.25) is 20.4 Å². The van der Waals surface area contributed by atoms with Crippen molar-refractivity contribution in [3.05, 3.63) is 53.9 Å². The lowest BCUT2D eigenvalue weighted by Gasteiger charge is -2.10. The number of hydrazine groups is 1. The molecule has 178 valence electrons. The van der Waals surface area contributed by atoms with Gasteiger partial charge in [0.2, 0.25) is 15.9 Å². The van der Waals surface area contributed by atoms with Crippen molar-refractivity contribution in [1.82, 2.24) is 24.7 Å². The Hall–Kier alpha value is -3.95. The van der Waals surface area contributed by atoms with Gasteiger partial charge < -0.3 is 9.30 Å². The van der Waals surface area contributed by atoms with Crippen molar-refractivity contribution in [2.24, 2.45) is 7.05 Å². The highest BCUT2D eigenvalue weighted by Crippen LogP contribution is 2.21. The summed E-state index contributed by atoms with van der Waals surface area (Å²) in [6, 6.07) is 13.0. The molecule has 0 saturated heterocycles. The predicted molar refractivity (Wildman–Crippen MR) is 123 cm³/mol. The average Bonchev–Trinajstić information content (AvgIpc) is 3.15. The first-order valence-corrected chi connectivity index (χ1v) is 11.6. The Morgan fingerprint density at radius 2 is 1.79 bits per heavy atom. The number of aryl methyl sites for hydroxylation is 2. The Labute approximate surface area is 197 Å². The van der Waals surface area contributed by atoms with Crippen molar-refractivity contribution < 1.29 is 22.7 Å². The SMILES string of the molecule is CN(C)S(=O)(=O)c1ccc2c(c1)nc(CCC(=O)NNC(=O)COc1ccc(C#N)cc1)n2C. The van der Waals surface area contributed by atoms with E-state index in [9.17, 15) is 18.0 Å². The summed E-state index contributed by atoms with van der Waals surface area (Å²) >= 11 is 0.